The van der Waals surface area contributed by atoms with Crippen LogP contribution in [0.2, 0.25) is 0 Å². The fourth-order valence-corrected chi connectivity index (χ4v) is 4.85. The maximum Gasteiger partial charge on any atom is 0.307 e. The van der Waals surface area contributed by atoms with E-state index in [0.29, 0.717) is 24.5 Å². The molecule has 0 aliphatic rings. The van der Waals surface area contributed by atoms with Crippen molar-refractivity contribution >= 4 is 70.9 Å². The third-order valence-corrected chi connectivity index (χ3v) is 6.43. The van der Waals surface area contributed by atoms with Crippen molar-refractivity contribution < 1.29 is 18.7 Å². The Kier molecular flexibility index (Phi) is 8.07. The topological polar surface area (TPSA) is 73.1 Å². The summed E-state index contributed by atoms with van der Waals surface area (Å²) in [5.74, 6) is 1.12. The number of hydrogen-bond acceptors (Lipinski definition) is 5. The van der Waals surface area contributed by atoms with Crippen molar-refractivity contribution in [3.05, 3.63) is 91.0 Å². The maximum atomic E-state index is 12.5. The predicted octanol–water partition coefficient (Wildman–Crippen LogP) is 7.46. The van der Waals surface area contributed by atoms with Crippen molar-refractivity contribution in [3.63, 3.8) is 0 Å². The molecule has 1 amide bonds. The molecule has 3 aromatic carbocycles. The smallest absolute Gasteiger partial charge is 0.307 e. The number of hydrogen-bond donors (Lipinski definition) is 1. The van der Waals surface area contributed by atoms with Crippen LogP contribution in [0, 0.1) is 0 Å². The number of fused-ring (bicyclic) bond motifs is 1. The van der Waals surface area contributed by atoms with Crippen LogP contribution in [0.4, 0.5) is 0 Å². The van der Waals surface area contributed by atoms with E-state index >= 15 is 0 Å². The molecule has 0 saturated heterocycles. The van der Waals surface area contributed by atoms with Crippen molar-refractivity contribution in [1.82, 2.24) is 5.43 Å². The Morgan fingerprint density at radius 2 is 1.74 bits per heavy atom. The van der Waals surface area contributed by atoms with Gasteiger partial charge in [0.05, 0.1) is 21.8 Å². The van der Waals surface area contributed by atoms with Gasteiger partial charge in [-0.25, -0.2) is 5.43 Å². The fourth-order valence-electron chi connectivity index (χ4n) is 3.14. The Bertz CT molecular complexity index is 1330. The zero-order chi connectivity index (χ0) is 24.1. The predicted molar refractivity (Wildman–Crippen MR) is 143 cm³/mol. The molecular formula is C25H19Br3N2O4. The molecule has 1 aromatic heterocycles. The highest BCUT2D eigenvalue weighted by Crippen LogP contribution is 2.35. The van der Waals surface area contributed by atoms with E-state index in [1.54, 1.807) is 24.4 Å². The number of carbonyl (C=O) groups is 1. The second-order valence-electron chi connectivity index (χ2n) is 7.17. The van der Waals surface area contributed by atoms with Crippen LogP contribution in [-0.2, 0) is 6.61 Å². The lowest BCUT2D eigenvalue weighted by Gasteiger charge is -2.11. The molecule has 174 valence electrons. The first-order valence-electron chi connectivity index (χ1n) is 10.3. The molecule has 0 atom stereocenters. The summed E-state index contributed by atoms with van der Waals surface area (Å²) in [5.41, 5.74) is 4.91. The van der Waals surface area contributed by atoms with Gasteiger partial charge in [-0.15, -0.1) is 0 Å². The minimum Gasteiger partial charge on any atom is -0.494 e. The molecule has 0 saturated carbocycles. The second kappa shape index (κ2) is 11.2. The Labute approximate surface area is 221 Å². The van der Waals surface area contributed by atoms with Crippen LogP contribution in [0.25, 0.3) is 11.0 Å². The molecule has 0 aliphatic carbocycles. The summed E-state index contributed by atoms with van der Waals surface area (Å²) in [4.78, 5) is 12.5. The standard InChI is InChI=1S/C25H19Br3N2O4/c1-2-32-19-7-8-22-17(11-19)12-23(34-22)25(31)30-29-13-16-9-20(27)24(21(28)10-16)33-14-15-3-5-18(26)6-4-15/h3-13H,2,14H2,1H3,(H,30,31)/b29-13+. The molecule has 0 spiro atoms. The molecule has 34 heavy (non-hydrogen) atoms. The molecular weight excluding hydrogens is 632 g/mol. The van der Waals surface area contributed by atoms with Crippen molar-refractivity contribution in [2.45, 2.75) is 13.5 Å². The minimum absolute atomic E-state index is 0.167. The number of halogens is 3. The number of carbonyl (C=O) groups excluding carboxylic acids is 1. The average Bonchev–Trinajstić information content (AvgIpc) is 3.23. The fraction of sp³-hybridized carbons (Fsp3) is 0.120. The number of ether oxygens (including phenoxy) is 2. The highest BCUT2D eigenvalue weighted by Gasteiger charge is 2.13. The van der Waals surface area contributed by atoms with E-state index in [1.807, 2.05) is 49.4 Å². The van der Waals surface area contributed by atoms with Crippen LogP contribution in [0.5, 0.6) is 11.5 Å². The number of nitrogens with zero attached hydrogens (tertiary/aromatic N) is 1. The van der Waals surface area contributed by atoms with Crippen molar-refractivity contribution in [1.29, 1.82) is 0 Å². The molecule has 0 unspecified atom stereocenters. The molecule has 9 heteroatoms. The summed E-state index contributed by atoms with van der Waals surface area (Å²) >= 11 is 10.5. The van der Waals surface area contributed by atoms with Crippen LogP contribution in [0.3, 0.4) is 0 Å². The summed E-state index contributed by atoms with van der Waals surface area (Å²) in [5, 5.41) is 4.84. The lowest BCUT2D eigenvalue weighted by atomic mass is 10.2. The summed E-state index contributed by atoms with van der Waals surface area (Å²) in [6.45, 7) is 2.91. The summed E-state index contributed by atoms with van der Waals surface area (Å²) < 4.78 is 19.6. The molecule has 1 heterocycles. The van der Waals surface area contributed by atoms with E-state index < -0.39 is 5.91 Å². The second-order valence-corrected chi connectivity index (χ2v) is 9.80. The molecule has 4 rings (SSSR count). The number of hydrazone groups is 1. The van der Waals surface area contributed by atoms with Crippen molar-refractivity contribution in [2.24, 2.45) is 5.10 Å². The van der Waals surface area contributed by atoms with E-state index in [1.165, 1.54) is 0 Å². The minimum atomic E-state index is -0.446. The van der Waals surface area contributed by atoms with Crippen molar-refractivity contribution in [3.8, 4) is 11.5 Å². The number of furan rings is 1. The summed E-state index contributed by atoms with van der Waals surface area (Å²) in [7, 11) is 0. The Balaban J connectivity index is 1.39. The van der Waals surface area contributed by atoms with Gasteiger partial charge in [-0.1, -0.05) is 28.1 Å². The van der Waals surface area contributed by atoms with Gasteiger partial charge in [0, 0.05) is 9.86 Å². The average molecular weight is 651 g/mol. The SMILES string of the molecule is CCOc1ccc2oc(C(=O)N/N=C/c3cc(Br)c(OCc4ccc(Br)cc4)c(Br)c3)cc2c1. The Morgan fingerprint density at radius 1 is 1.00 bits per heavy atom. The van der Waals surface area contributed by atoms with Crippen molar-refractivity contribution in [2.75, 3.05) is 6.61 Å². The van der Waals surface area contributed by atoms with Gasteiger partial charge in [0.2, 0.25) is 0 Å². The van der Waals surface area contributed by atoms with Crippen LogP contribution in [-0.4, -0.2) is 18.7 Å². The third kappa shape index (κ3) is 6.08. The van der Waals surface area contributed by atoms with Gasteiger partial charge in [-0.05, 0) is 98.4 Å². The summed E-state index contributed by atoms with van der Waals surface area (Å²) in [6, 6.07) is 18.7. The van der Waals surface area contributed by atoms with E-state index in [9.17, 15) is 4.79 Å². The van der Waals surface area contributed by atoms with Gasteiger partial charge in [-0.3, -0.25) is 4.79 Å². The van der Waals surface area contributed by atoms with Crippen LogP contribution < -0.4 is 14.9 Å². The largest absolute Gasteiger partial charge is 0.494 e. The molecule has 0 aliphatic heterocycles. The first-order valence-corrected chi connectivity index (χ1v) is 12.7. The Morgan fingerprint density at radius 3 is 2.44 bits per heavy atom. The number of nitrogens with one attached hydrogen (secondary N) is 1. The normalized spacial score (nSPS) is 11.2. The van der Waals surface area contributed by atoms with Gasteiger partial charge in [0.1, 0.15) is 23.7 Å². The monoisotopic (exact) mass is 648 g/mol. The molecule has 0 radical (unpaired) electrons. The van der Waals surface area contributed by atoms with E-state index in [2.05, 4.69) is 58.3 Å². The molecule has 0 fully saturated rings. The van der Waals surface area contributed by atoms with Gasteiger partial charge in [-0.2, -0.15) is 5.10 Å². The molecule has 1 N–H and O–H groups in total. The number of amides is 1. The van der Waals surface area contributed by atoms with Gasteiger partial charge in [0.25, 0.3) is 0 Å². The van der Waals surface area contributed by atoms with Crippen LogP contribution in [0.1, 0.15) is 28.6 Å². The van der Waals surface area contributed by atoms with E-state index in [4.69, 9.17) is 13.9 Å². The third-order valence-electron chi connectivity index (χ3n) is 4.72. The highest BCUT2D eigenvalue weighted by molar-refractivity contribution is 9.11. The quantitative estimate of drug-likeness (QED) is 0.159. The van der Waals surface area contributed by atoms with E-state index in [0.717, 1.165) is 35.7 Å². The number of rotatable bonds is 8. The first-order chi connectivity index (χ1) is 16.4. The van der Waals surface area contributed by atoms with Crippen LogP contribution in [0.15, 0.2) is 83.6 Å². The lowest BCUT2D eigenvalue weighted by molar-refractivity contribution is 0.0929. The molecule has 4 aromatic rings. The van der Waals surface area contributed by atoms with Gasteiger partial charge < -0.3 is 13.9 Å². The van der Waals surface area contributed by atoms with Gasteiger partial charge in [0.15, 0.2) is 5.76 Å². The Hall–Kier alpha value is -2.62. The number of benzene rings is 3. The zero-order valence-electron chi connectivity index (χ0n) is 18.0. The van der Waals surface area contributed by atoms with Gasteiger partial charge >= 0.3 is 5.91 Å². The lowest BCUT2D eigenvalue weighted by Crippen LogP contribution is -2.16. The summed E-state index contributed by atoms with van der Waals surface area (Å²) in [6.07, 6.45) is 1.54. The first kappa shape index (κ1) is 24.5. The van der Waals surface area contributed by atoms with E-state index in [-0.39, 0.29) is 5.76 Å². The molecule has 6 nitrogen and oxygen atoms in total. The zero-order valence-corrected chi connectivity index (χ0v) is 22.7. The molecule has 0 bridgehead atoms. The maximum absolute atomic E-state index is 12.5. The van der Waals surface area contributed by atoms with Crippen LogP contribution >= 0.6 is 47.8 Å². The highest BCUT2D eigenvalue weighted by atomic mass is 79.9.